The minimum Gasteiger partial charge on any atom is -1.00 e. The summed E-state index contributed by atoms with van der Waals surface area (Å²) in [5.74, 6) is 0. The fourth-order valence-corrected chi connectivity index (χ4v) is 2.36. The van der Waals surface area contributed by atoms with Crippen molar-refractivity contribution < 1.29 is 22.7 Å². The van der Waals surface area contributed by atoms with Crippen molar-refractivity contribution in [2.24, 2.45) is 0 Å². The lowest BCUT2D eigenvalue weighted by Crippen LogP contribution is -3.00. The van der Waals surface area contributed by atoms with Crippen LogP contribution in [-0.2, 0) is 0 Å². The van der Waals surface area contributed by atoms with Crippen molar-refractivity contribution >= 4 is 34.1 Å². The Morgan fingerprint density at radius 3 is 2.45 bits per heavy atom. The maximum atomic E-state index is 10.7. The number of nitrogens with two attached hydrogens (primary N) is 1. The molecule has 0 aliphatic heterocycles. The first-order valence-electron chi connectivity index (χ1n) is 5.37. The lowest BCUT2D eigenvalue weighted by atomic mass is 10.2. The van der Waals surface area contributed by atoms with E-state index in [2.05, 4.69) is 0 Å². The van der Waals surface area contributed by atoms with Crippen LogP contribution in [0.3, 0.4) is 0 Å². The average Bonchev–Trinajstić information content (AvgIpc) is 2.41. The number of halogens is 2. The number of nitro groups is 1. The zero-order valence-corrected chi connectivity index (χ0v) is 12.5. The van der Waals surface area contributed by atoms with Crippen molar-refractivity contribution in [2.75, 3.05) is 0 Å². The maximum absolute atomic E-state index is 10.7. The molecule has 0 atom stereocenters. The molecule has 20 heavy (non-hydrogen) atoms. The number of nitrogens with zero attached hydrogens (tertiary/aromatic N) is 1. The van der Waals surface area contributed by atoms with E-state index in [0.717, 1.165) is 4.90 Å². The Morgan fingerprint density at radius 2 is 1.85 bits per heavy atom. The van der Waals surface area contributed by atoms with Crippen molar-refractivity contribution in [3.8, 4) is 0 Å². The molecule has 0 aliphatic carbocycles. The molecule has 2 aromatic rings. The highest BCUT2D eigenvalue weighted by atomic mass is 35.5. The van der Waals surface area contributed by atoms with Crippen LogP contribution >= 0.6 is 23.4 Å². The molecule has 0 saturated carbocycles. The average molecular weight is 329 g/mol. The Hall–Kier alpha value is -1.56. The molecule has 0 spiro atoms. The fraction of sp³-hybridized carbons (Fsp3) is 0. The van der Waals surface area contributed by atoms with E-state index in [1.165, 1.54) is 23.9 Å². The van der Waals surface area contributed by atoms with Crippen LogP contribution in [-0.4, -0.2) is 9.97 Å². The van der Waals surface area contributed by atoms with Crippen molar-refractivity contribution in [3.05, 3.63) is 69.2 Å². The lowest BCUT2D eigenvalue weighted by Gasteiger charge is -2.00. The van der Waals surface area contributed by atoms with Crippen LogP contribution in [0.4, 0.5) is 5.69 Å². The summed E-state index contributed by atoms with van der Waals surface area (Å²) >= 11 is 7.14. The Morgan fingerprint density at radius 1 is 1.20 bits per heavy atom. The van der Waals surface area contributed by atoms with E-state index in [4.69, 9.17) is 17.0 Å². The van der Waals surface area contributed by atoms with Gasteiger partial charge in [0.05, 0.1) is 10.5 Å². The van der Waals surface area contributed by atoms with Gasteiger partial charge in [-0.2, -0.15) is 0 Å². The van der Waals surface area contributed by atoms with Gasteiger partial charge in [-0.15, -0.1) is 0 Å². The van der Waals surface area contributed by atoms with Crippen LogP contribution in [0.15, 0.2) is 53.4 Å². The molecule has 0 radical (unpaired) electrons. The highest BCUT2D eigenvalue weighted by molar-refractivity contribution is 8.14. The summed E-state index contributed by atoms with van der Waals surface area (Å²) in [6.45, 7) is 0. The summed E-state index contributed by atoms with van der Waals surface area (Å²) in [6, 6.07) is 13.5. The highest BCUT2D eigenvalue weighted by Crippen LogP contribution is 2.24. The number of benzene rings is 2. The van der Waals surface area contributed by atoms with Crippen LogP contribution < -0.4 is 17.8 Å². The lowest BCUT2D eigenvalue weighted by molar-refractivity contribution is -0.384. The number of hydrogen-bond donors (Lipinski definition) is 1. The first kappa shape index (κ1) is 16.5. The quantitative estimate of drug-likeness (QED) is 0.273. The van der Waals surface area contributed by atoms with Crippen molar-refractivity contribution in [1.29, 1.82) is 0 Å². The molecule has 104 valence electrons. The van der Waals surface area contributed by atoms with Gasteiger partial charge < -0.3 is 12.4 Å². The second-order valence-corrected chi connectivity index (χ2v) is 5.28. The monoisotopic (exact) mass is 328 g/mol. The zero-order chi connectivity index (χ0) is 13.8. The summed E-state index contributed by atoms with van der Waals surface area (Å²) in [5, 5.41) is 17.8. The van der Waals surface area contributed by atoms with Gasteiger partial charge in [-0.3, -0.25) is 10.1 Å². The molecule has 0 saturated heterocycles. The van der Waals surface area contributed by atoms with Gasteiger partial charge in [0.2, 0.25) is 5.04 Å². The van der Waals surface area contributed by atoms with Gasteiger partial charge in [-0.1, -0.05) is 17.7 Å². The molecular formula is C13H10Cl2N2O2S. The van der Waals surface area contributed by atoms with Crippen molar-refractivity contribution in [3.63, 3.8) is 0 Å². The molecule has 0 aromatic heterocycles. The van der Waals surface area contributed by atoms with Gasteiger partial charge in [-0.25, -0.2) is 5.41 Å². The molecule has 2 aromatic carbocycles. The van der Waals surface area contributed by atoms with Gasteiger partial charge in [0.25, 0.3) is 5.69 Å². The molecule has 0 amide bonds. The largest absolute Gasteiger partial charge is 1.00 e. The third-order valence-corrected chi connectivity index (χ3v) is 3.60. The number of rotatable bonds is 3. The molecular weight excluding hydrogens is 319 g/mol. The van der Waals surface area contributed by atoms with Crippen LogP contribution in [0.5, 0.6) is 0 Å². The summed E-state index contributed by atoms with van der Waals surface area (Å²) < 4.78 is 0. The number of non-ortho nitro benzene ring substituents is 1. The summed E-state index contributed by atoms with van der Waals surface area (Å²) in [6.07, 6.45) is 0. The van der Waals surface area contributed by atoms with Crippen molar-refractivity contribution in [2.45, 2.75) is 4.90 Å². The van der Waals surface area contributed by atoms with Gasteiger partial charge in [0.15, 0.2) is 0 Å². The highest BCUT2D eigenvalue weighted by Gasteiger charge is 2.13. The molecule has 0 fully saturated rings. The third-order valence-electron chi connectivity index (χ3n) is 2.38. The molecule has 0 aliphatic rings. The van der Waals surface area contributed by atoms with Crippen LogP contribution in [0.2, 0.25) is 5.02 Å². The summed E-state index contributed by atoms with van der Waals surface area (Å²) in [7, 11) is 0. The molecule has 2 N–H and O–H groups in total. The van der Waals surface area contributed by atoms with E-state index < -0.39 is 4.92 Å². The normalized spacial score (nSPS) is 9.65. The summed E-state index contributed by atoms with van der Waals surface area (Å²) in [5.41, 5.74) is 0.659. The van der Waals surface area contributed by atoms with Crippen molar-refractivity contribution in [1.82, 2.24) is 0 Å². The van der Waals surface area contributed by atoms with Gasteiger partial charge in [0, 0.05) is 22.1 Å². The molecule has 7 heteroatoms. The maximum Gasteiger partial charge on any atom is 0.270 e. The van der Waals surface area contributed by atoms with E-state index in [0.29, 0.717) is 15.6 Å². The standard InChI is InChI=1S/C13H9ClN2O2S.ClH/c14-10-4-6-12(7-5-10)19-13(15)9-2-1-3-11(8-9)16(17)18;/h1-8,15H;1H. The zero-order valence-electron chi connectivity index (χ0n) is 10.1. The molecule has 2 rings (SSSR count). The summed E-state index contributed by atoms with van der Waals surface area (Å²) in [4.78, 5) is 11.2. The second kappa shape index (κ2) is 7.28. The van der Waals surface area contributed by atoms with E-state index in [1.54, 1.807) is 24.3 Å². The first-order chi connectivity index (χ1) is 9.06. The third kappa shape index (κ3) is 4.23. The predicted molar refractivity (Wildman–Crippen MR) is 76.4 cm³/mol. The smallest absolute Gasteiger partial charge is 0.270 e. The fourth-order valence-electron chi connectivity index (χ4n) is 1.46. The molecule has 0 bridgehead atoms. The van der Waals surface area contributed by atoms with Gasteiger partial charge in [-0.05, 0) is 42.1 Å². The van der Waals surface area contributed by atoms with E-state index in [9.17, 15) is 10.1 Å². The van der Waals surface area contributed by atoms with E-state index in [-0.39, 0.29) is 18.1 Å². The minimum absolute atomic E-state index is 0. The first-order valence-corrected chi connectivity index (χ1v) is 6.56. The SMILES string of the molecule is [Cl-].[NH2+]=C(Sc1ccc(Cl)cc1)c1cccc([N+](=O)[O-])c1. The van der Waals surface area contributed by atoms with Crippen LogP contribution in [0, 0.1) is 10.1 Å². The van der Waals surface area contributed by atoms with E-state index in [1.807, 2.05) is 12.1 Å². The Labute approximate surface area is 131 Å². The number of hydrogen-bond acceptors (Lipinski definition) is 3. The van der Waals surface area contributed by atoms with Gasteiger partial charge in [0.1, 0.15) is 0 Å². The Bertz CT molecular complexity index is 633. The van der Waals surface area contributed by atoms with E-state index >= 15 is 0 Å². The number of thioether (sulfide) groups is 1. The number of nitro benzene ring substituents is 1. The Balaban J connectivity index is 0.00000200. The topological polar surface area (TPSA) is 68.7 Å². The molecule has 0 heterocycles. The minimum atomic E-state index is -0.441. The predicted octanol–water partition coefficient (Wildman–Crippen LogP) is -0.450. The Kier molecular flexibility index (Phi) is 6.01. The molecule has 4 nitrogen and oxygen atoms in total. The second-order valence-electron chi connectivity index (χ2n) is 3.73. The van der Waals surface area contributed by atoms with Crippen LogP contribution in [0.1, 0.15) is 5.56 Å². The molecule has 0 unspecified atom stereocenters. The van der Waals surface area contributed by atoms with Crippen LogP contribution in [0.25, 0.3) is 0 Å². The van der Waals surface area contributed by atoms with Gasteiger partial charge >= 0.3 is 0 Å².